The molecule has 96 valence electrons. The van der Waals surface area contributed by atoms with Gasteiger partial charge in [-0.05, 0) is 24.3 Å². The Morgan fingerprint density at radius 1 is 1.10 bits per heavy atom. The van der Waals surface area contributed by atoms with Crippen LogP contribution in [-0.4, -0.2) is 16.2 Å². The van der Waals surface area contributed by atoms with Gasteiger partial charge < -0.3 is 4.98 Å². The summed E-state index contributed by atoms with van der Waals surface area (Å²) in [5.41, 5.74) is 2.61. The number of aromatic amines is 1. The van der Waals surface area contributed by atoms with E-state index in [4.69, 9.17) is 0 Å². The second kappa shape index (κ2) is 5.37. The Morgan fingerprint density at radius 2 is 1.85 bits per heavy atom. The van der Waals surface area contributed by atoms with Gasteiger partial charge in [-0.3, -0.25) is 4.99 Å². The highest BCUT2D eigenvalue weighted by molar-refractivity contribution is 5.78. The SMILES string of the molecule is N#CC(C=Nc1ccccc1)c1nc2ccccc2[nH]1. The van der Waals surface area contributed by atoms with Crippen LogP contribution in [-0.2, 0) is 0 Å². The number of nitrogens with zero attached hydrogens (tertiary/aromatic N) is 3. The number of benzene rings is 2. The Labute approximate surface area is 116 Å². The van der Waals surface area contributed by atoms with Gasteiger partial charge in [0.05, 0.1) is 22.8 Å². The molecule has 4 nitrogen and oxygen atoms in total. The third-order valence-electron chi connectivity index (χ3n) is 2.97. The lowest BCUT2D eigenvalue weighted by molar-refractivity contribution is 1.02. The molecule has 20 heavy (non-hydrogen) atoms. The van der Waals surface area contributed by atoms with Crippen molar-refractivity contribution in [2.24, 2.45) is 4.99 Å². The highest BCUT2D eigenvalue weighted by Gasteiger charge is 2.12. The third kappa shape index (κ3) is 2.43. The summed E-state index contributed by atoms with van der Waals surface area (Å²) in [5, 5.41) is 9.28. The van der Waals surface area contributed by atoms with Gasteiger partial charge in [0.2, 0.25) is 0 Å². The number of hydrogen-bond acceptors (Lipinski definition) is 3. The number of nitrogens with one attached hydrogen (secondary N) is 1. The highest BCUT2D eigenvalue weighted by Crippen LogP contribution is 2.17. The van der Waals surface area contributed by atoms with Crippen molar-refractivity contribution >= 4 is 22.9 Å². The first kappa shape index (κ1) is 12.1. The normalized spacial score (nSPS) is 12.6. The number of fused-ring (bicyclic) bond motifs is 1. The number of rotatable bonds is 3. The molecule has 3 rings (SSSR count). The molecule has 1 heterocycles. The van der Waals surface area contributed by atoms with E-state index < -0.39 is 5.92 Å². The fraction of sp³-hybridized carbons (Fsp3) is 0.0625. The van der Waals surface area contributed by atoms with Crippen LogP contribution >= 0.6 is 0 Å². The fourth-order valence-corrected chi connectivity index (χ4v) is 1.96. The largest absolute Gasteiger partial charge is 0.341 e. The molecule has 0 aliphatic rings. The van der Waals surface area contributed by atoms with E-state index in [9.17, 15) is 5.26 Å². The highest BCUT2D eigenvalue weighted by atomic mass is 14.9. The monoisotopic (exact) mass is 260 g/mol. The summed E-state index contributed by atoms with van der Waals surface area (Å²) in [5.74, 6) is 0.135. The van der Waals surface area contributed by atoms with Crippen molar-refractivity contribution < 1.29 is 0 Å². The van der Waals surface area contributed by atoms with Crippen LogP contribution in [0.25, 0.3) is 11.0 Å². The molecule has 1 atom stereocenters. The molecule has 1 unspecified atom stereocenters. The Hall–Kier alpha value is -2.93. The summed E-state index contributed by atoms with van der Waals surface area (Å²) in [6.45, 7) is 0. The van der Waals surface area contributed by atoms with Crippen LogP contribution in [0, 0.1) is 11.3 Å². The summed E-state index contributed by atoms with van der Waals surface area (Å²) in [7, 11) is 0. The average Bonchev–Trinajstić information content (AvgIpc) is 2.92. The van der Waals surface area contributed by atoms with Crippen LogP contribution in [0.15, 0.2) is 59.6 Å². The number of para-hydroxylation sites is 3. The molecule has 2 aromatic carbocycles. The lowest BCUT2D eigenvalue weighted by Crippen LogP contribution is -1.99. The zero-order chi connectivity index (χ0) is 13.8. The minimum atomic E-state index is -0.484. The molecule has 0 saturated carbocycles. The molecule has 1 aromatic heterocycles. The van der Waals surface area contributed by atoms with Crippen LogP contribution in [0.2, 0.25) is 0 Å². The third-order valence-corrected chi connectivity index (χ3v) is 2.97. The summed E-state index contributed by atoms with van der Waals surface area (Å²) in [4.78, 5) is 11.9. The summed E-state index contributed by atoms with van der Waals surface area (Å²) in [6.07, 6.45) is 1.62. The number of aliphatic imine (C=N–C) groups is 1. The number of nitriles is 1. The Balaban J connectivity index is 1.90. The Morgan fingerprint density at radius 3 is 2.60 bits per heavy atom. The molecule has 0 bridgehead atoms. The zero-order valence-corrected chi connectivity index (χ0v) is 10.7. The van der Waals surface area contributed by atoms with Crippen LogP contribution in [0.4, 0.5) is 5.69 Å². The van der Waals surface area contributed by atoms with Gasteiger partial charge >= 0.3 is 0 Å². The maximum absolute atomic E-state index is 9.28. The number of H-pyrrole nitrogens is 1. The van der Waals surface area contributed by atoms with Gasteiger partial charge in [0, 0.05) is 6.21 Å². The lowest BCUT2D eigenvalue weighted by atomic mass is 10.2. The lowest BCUT2D eigenvalue weighted by Gasteiger charge is -1.98. The van der Waals surface area contributed by atoms with E-state index in [1.54, 1.807) is 6.21 Å². The Bertz CT molecular complexity index is 748. The summed E-state index contributed by atoms with van der Waals surface area (Å²) in [6, 6.07) is 19.5. The first-order valence-corrected chi connectivity index (χ1v) is 6.30. The second-order valence-corrected chi connectivity index (χ2v) is 4.36. The van der Waals surface area contributed by atoms with Crippen LogP contribution in [0.3, 0.4) is 0 Å². The van der Waals surface area contributed by atoms with Crippen molar-refractivity contribution in [3.8, 4) is 6.07 Å². The molecular weight excluding hydrogens is 248 g/mol. The fourth-order valence-electron chi connectivity index (χ4n) is 1.96. The van der Waals surface area contributed by atoms with E-state index in [0.717, 1.165) is 16.7 Å². The molecule has 1 N–H and O–H groups in total. The van der Waals surface area contributed by atoms with Gasteiger partial charge in [-0.15, -0.1) is 0 Å². The first-order chi connectivity index (χ1) is 9.86. The van der Waals surface area contributed by atoms with E-state index in [-0.39, 0.29) is 0 Å². The average molecular weight is 260 g/mol. The quantitative estimate of drug-likeness (QED) is 0.731. The molecule has 0 radical (unpaired) electrons. The minimum Gasteiger partial charge on any atom is -0.341 e. The van der Waals surface area contributed by atoms with Gasteiger partial charge in [-0.25, -0.2) is 4.98 Å². The maximum Gasteiger partial charge on any atom is 0.139 e. The van der Waals surface area contributed by atoms with Crippen LogP contribution in [0.1, 0.15) is 11.7 Å². The molecule has 0 spiro atoms. The topological polar surface area (TPSA) is 64.8 Å². The van der Waals surface area contributed by atoms with Crippen molar-refractivity contribution in [2.45, 2.75) is 5.92 Å². The minimum absolute atomic E-state index is 0.484. The maximum atomic E-state index is 9.28. The Kier molecular flexibility index (Phi) is 3.25. The molecule has 4 heteroatoms. The molecule has 0 fully saturated rings. The molecular formula is C16H12N4. The predicted octanol–water partition coefficient (Wildman–Crippen LogP) is 3.57. The van der Waals surface area contributed by atoms with E-state index >= 15 is 0 Å². The van der Waals surface area contributed by atoms with Crippen LogP contribution < -0.4 is 0 Å². The van der Waals surface area contributed by atoms with E-state index in [1.807, 2.05) is 54.6 Å². The van der Waals surface area contributed by atoms with Gasteiger partial charge in [0.25, 0.3) is 0 Å². The standard InChI is InChI=1S/C16H12N4/c17-10-12(11-18-13-6-2-1-3-7-13)16-19-14-8-4-5-9-15(14)20-16/h1-9,11-12H,(H,19,20). The first-order valence-electron chi connectivity index (χ1n) is 6.30. The molecule has 0 amide bonds. The van der Waals surface area contributed by atoms with Crippen molar-refractivity contribution in [1.82, 2.24) is 9.97 Å². The van der Waals surface area contributed by atoms with Gasteiger partial charge in [-0.2, -0.15) is 5.26 Å². The van der Waals surface area contributed by atoms with Gasteiger partial charge in [0.1, 0.15) is 11.7 Å². The van der Waals surface area contributed by atoms with E-state index in [0.29, 0.717) is 5.82 Å². The molecule has 0 aliphatic heterocycles. The molecule has 0 saturated heterocycles. The van der Waals surface area contributed by atoms with Crippen molar-refractivity contribution in [1.29, 1.82) is 5.26 Å². The number of aromatic nitrogens is 2. The van der Waals surface area contributed by atoms with E-state index in [1.165, 1.54) is 0 Å². The summed E-state index contributed by atoms with van der Waals surface area (Å²) >= 11 is 0. The number of imidazole rings is 1. The summed E-state index contributed by atoms with van der Waals surface area (Å²) < 4.78 is 0. The second-order valence-electron chi connectivity index (χ2n) is 4.36. The predicted molar refractivity (Wildman–Crippen MR) is 79.0 cm³/mol. The van der Waals surface area contributed by atoms with Crippen molar-refractivity contribution in [3.05, 3.63) is 60.4 Å². The number of hydrogen-bond donors (Lipinski definition) is 1. The van der Waals surface area contributed by atoms with Gasteiger partial charge in [-0.1, -0.05) is 30.3 Å². The molecule has 0 aliphatic carbocycles. The smallest absolute Gasteiger partial charge is 0.139 e. The van der Waals surface area contributed by atoms with Crippen molar-refractivity contribution in [3.63, 3.8) is 0 Å². The van der Waals surface area contributed by atoms with Crippen LogP contribution in [0.5, 0.6) is 0 Å². The van der Waals surface area contributed by atoms with E-state index in [2.05, 4.69) is 21.0 Å². The zero-order valence-electron chi connectivity index (χ0n) is 10.7. The van der Waals surface area contributed by atoms with Gasteiger partial charge in [0.15, 0.2) is 0 Å². The van der Waals surface area contributed by atoms with Crippen molar-refractivity contribution in [2.75, 3.05) is 0 Å². The molecule has 3 aromatic rings.